The highest BCUT2D eigenvalue weighted by molar-refractivity contribution is 6.30. The summed E-state index contributed by atoms with van der Waals surface area (Å²) >= 11 is 6.03. The lowest BCUT2D eigenvalue weighted by Crippen LogP contribution is -1.95. The second-order valence-corrected chi connectivity index (χ2v) is 7.09. The standard InChI is InChI=1S/C24H23Cl/c1-17-4-8-21(9-5-17)24(22-10-6-18(2)7-11-22)16-19(3)20-12-14-23(25)15-13-20/h4-16,19H,1-3H3. The van der Waals surface area contributed by atoms with Crippen molar-refractivity contribution in [2.24, 2.45) is 0 Å². The molecular weight excluding hydrogens is 324 g/mol. The van der Waals surface area contributed by atoms with Crippen LogP contribution in [0, 0.1) is 13.8 Å². The molecule has 0 aliphatic rings. The molecule has 0 saturated carbocycles. The molecular formula is C24H23Cl. The van der Waals surface area contributed by atoms with Crippen LogP contribution in [0.5, 0.6) is 0 Å². The molecule has 0 aliphatic carbocycles. The summed E-state index contributed by atoms with van der Waals surface area (Å²) < 4.78 is 0. The minimum Gasteiger partial charge on any atom is -0.0843 e. The molecule has 0 aromatic heterocycles. The predicted octanol–water partition coefficient (Wildman–Crippen LogP) is 7.19. The molecule has 3 rings (SSSR count). The van der Waals surface area contributed by atoms with Gasteiger partial charge in [-0.25, -0.2) is 0 Å². The zero-order chi connectivity index (χ0) is 17.8. The average Bonchev–Trinajstić information content (AvgIpc) is 2.62. The Morgan fingerprint density at radius 2 is 1.16 bits per heavy atom. The van der Waals surface area contributed by atoms with E-state index in [4.69, 9.17) is 11.6 Å². The van der Waals surface area contributed by atoms with Crippen LogP contribution in [-0.2, 0) is 0 Å². The van der Waals surface area contributed by atoms with Gasteiger partial charge in [0.15, 0.2) is 0 Å². The first-order valence-corrected chi connectivity index (χ1v) is 9.02. The van der Waals surface area contributed by atoms with E-state index in [1.165, 1.54) is 33.4 Å². The van der Waals surface area contributed by atoms with Gasteiger partial charge in [0, 0.05) is 5.02 Å². The summed E-state index contributed by atoms with van der Waals surface area (Å²) in [7, 11) is 0. The highest BCUT2D eigenvalue weighted by atomic mass is 35.5. The quantitative estimate of drug-likeness (QED) is 0.468. The molecule has 1 heteroatoms. The van der Waals surface area contributed by atoms with Crippen molar-refractivity contribution >= 4 is 17.2 Å². The number of benzene rings is 3. The molecule has 0 amide bonds. The van der Waals surface area contributed by atoms with Crippen LogP contribution in [-0.4, -0.2) is 0 Å². The predicted molar refractivity (Wildman–Crippen MR) is 109 cm³/mol. The van der Waals surface area contributed by atoms with Gasteiger partial charge >= 0.3 is 0 Å². The van der Waals surface area contributed by atoms with Crippen molar-refractivity contribution in [1.82, 2.24) is 0 Å². The van der Waals surface area contributed by atoms with Crippen LogP contribution in [0.4, 0.5) is 0 Å². The number of hydrogen-bond acceptors (Lipinski definition) is 0. The Labute approximate surface area is 155 Å². The fraction of sp³-hybridized carbons (Fsp3) is 0.167. The molecule has 0 nitrogen and oxygen atoms in total. The van der Waals surface area contributed by atoms with Gasteiger partial charge in [-0.1, -0.05) is 96.4 Å². The third-order valence-corrected chi connectivity index (χ3v) is 4.79. The molecule has 0 spiro atoms. The van der Waals surface area contributed by atoms with Crippen molar-refractivity contribution in [2.75, 3.05) is 0 Å². The SMILES string of the molecule is Cc1ccc(C(=CC(C)c2ccc(Cl)cc2)c2ccc(C)cc2)cc1. The number of aryl methyl sites for hydroxylation is 2. The van der Waals surface area contributed by atoms with Crippen LogP contribution in [0.15, 0.2) is 78.9 Å². The molecule has 1 unspecified atom stereocenters. The van der Waals surface area contributed by atoms with Gasteiger partial charge < -0.3 is 0 Å². The molecule has 0 heterocycles. The highest BCUT2D eigenvalue weighted by Crippen LogP contribution is 2.29. The van der Waals surface area contributed by atoms with Crippen molar-refractivity contribution in [3.8, 4) is 0 Å². The van der Waals surface area contributed by atoms with Gasteiger partial charge in [0.05, 0.1) is 0 Å². The first-order valence-electron chi connectivity index (χ1n) is 8.64. The summed E-state index contributed by atoms with van der Waals surface area (Å²) in [4.78, 5) is 0. The zero-order valence-corrected chi connectivity index (χ0v) is 15.7. The van der Waals surface area contributed by atoms with Crippen LogP contribution in [0.3, 0.4) is 0 Å². The monoisotopic (exact) mass is 346 g/mol. The van der Waals surface area contributed by atoms with Crippen LogP contribution < -0.4 is 0 Å². The van der Waals surface area contributed by atoms with Crippen molar-refractivity contribution in [3.63, 3.8) is 0 Å². The Morgan fingerprint density at radius 3 is 1.60 bits per heavy atom. The van der Waals surface area contributed by atoms with E-state index < -0.39 is 0 Å². The second-order valence-electron chi connectivity index (χ2n) is 6.65. The van der Waals surface area contributed by atoms with E-state index in [2.05, 4.69) is 87.5 Å². The normalized spacial score (nSPS) is 11.8. The summed E-state index contributed by atoms with van der Waals surface area (Å²) in [6.07, 6.45) is 2.35. The molecule has 0 saturated heterocycles. The maximum atomic E-state index is 6.03. The maximum absolute atomic E-state index is 6.03. The van der Waals surface area contributed by atoms with E-state index in [-0.39, 0.29) is 0 Å². The molecule has 1 atom stereocenters. The van der Waals surface area contributed by atoms with E-state index in [0.29, 0.717) is 5.92 Å². The number of rotatable bonds is 4. The molecule has 0 N–H and O–H groups in total. The lowest BCUT2D eigenvalue weighted by Gasteiger charge is -2.14. The van der Waals surface area contributed by atoms with Crippen LogP contribution in [0.25, 0.3) is 5.57 Å². The Bertz CT molecular complexity index is 806. The second kappa shape index (κ2) is 7.72. The van der Waals surface area contributed by atoms with E-state index in [1.807, 2.05) is 12.1 Å². The van der Waals surface area contributed by atoms with Crippen LogP contribution in [0.2, 0.25) is 5.02 Å². The number of hydrogen-bond donors (Lipinski definition) is 0. The van der Waals surface area contributed by atoms with E-state index in [1.54, 1.807) is 0 Å². The van der Waals surface area contributed by atoms with E-state index >= 15 is 0 Å². The summed E-state index contributed by atoms with van der Waals surface area (Å²) in [5.74, 6) is 0.301. The summed E-state index contributed by atoms with van der Waals surface area (Å²) in [5.41, 5.74) is 7.57. The summed E-state index contributed by atoms with van der Waals surface area (Å²) in [5, 5.41) is 0.775. The minimum absolute atomic E-state index is 0.301. The Balaban J connectivity index is 2.04. The van der Waals surface area contributed by atoms with Crippen LogP contribution >= 0.6 is 11.6 Å². The maximum Gasteiger partial charge on any atom is 0.0406 e. The molecule has 3 aromatic rings. The van der Waals surface area contributed by atoms with Gasteiger partial charge in [-0.3, -0.25) is 0 Å². The lowest BCUT2D eigenvalue weighted by atomic mass is 9.91. The first kappa shape index (κ1) is 17.5. The van der Waals surface area contributed by atoms with Crippen molar-refractivity contribution in [3.05, 3.63) is 112 Å². The molecule has 126 valence electrons. The van der Waals surface area contributed by atoms with Gasteiger partial charge in [0.25, 0.3) is 0 Å². The van der Waals surface area contributed by atoms with Crippen molar-refractivity contribution in [2.45, 2.75) is 26.7 Å². The van der Waals surface area contributed by atoms with E-state index in [9.17, 15) is 0 Å². The third-order valence-electron chi connectivity index (χ3n) is 4.54. The first-order chi connectivity index (χ1) is 12.0. The molecule has 0 radical (unpaired) electrons. The Morgan fingerprint density at radius 1 is 0.720 bits per heavy atom. The number of halogens is 1. The lowest BCUT2D eigenvalue weighted by molar-refractivity contribution is 0.969. The number of allylic oxidation sites excluding steroid dienone is 1. The van der Waals surface area contributed by atoms with Gasteiger partial charge in [0.1, 0.15) is 0 Å². The van der Waals surface area contributed by atoms with E-state index in [0.717, 1.165) is 5.02 Å². The van der Waals surface area contributed by atoms with Gasteiger partial charge in [-0.05, 0) is 54.2 Å². The topological polar surface area (TPSA) is 0 Å². The molecule has 0 fully saturated rings. The zero-order valence-electron chi connectivity index (χ0n) is 15.0. The average molecular weight is 347 g/mol. The molecule has 3 aromatic carbocycles. The van der Waals surface area contributed by atoms with Crippen molar-refractivity contribution in [1.29, 1.82) is 0 Å². The smallest absolute Gasteiger partial charge is 0.0406 e. The molecule has 25 heavy (non-hydrogen) atoms. The molecule has 0 bridgehead atoms. The van der Waals surface area contributed by atoms with Crippen LogP contribution in [0.1, 0.15) is 40.7 Å². The van der Waals surface area contributed by atoms with Gasteiger partial charge in [-0.2, -0.15) is 0 Å². The fourth-order valence-corrected chi connectivity index (χ4v) is 3.06. The minimum atomic E-state index is 0.301. The third kappa shape index (κ3) is 4.41. The van der Waals surface area contributed by atoms with Gasteiger partial charge in [-0.15, -0.1) is 0 Å². The Hall–Kier alpha value is -2.31. The Kier molecular flexibility index (Phi) is 5.40. The van der Waals surface area contributed by atoms with Gasteiger partial charge in [0.2, 0.25) is 0 Å². The fourth-order valence-electron chi connectivity index (χ4n) is 2.94. The largest absolute Gasteiger partial charge is 0.0843 e. The highest BCUT2D eigenvalue weighted by Gasteiger charge is 2.09. The molecule has 0 aliphatic heterocycles. The summed E-state index contributed by atoms with van der Waals surface area (Å²) in [6, 6.07) is 25.6. The summed E-state index contributed by atoms with van der Waals surface area (Å²) in [6.45, 7) is 6.47. The van der Waals surface area contributed by atoms with Crippen molar-refractivity contribution < 1.29 is 0 Å².